The lowest BCUT2D eigenvalue weighted by atomic mass is 10.1. The molecule has 2 N–H and O–H groups in total. The molecule has 0 spiro atoms. The molecule has 0 radical (unpaired) electrons. The predicted molar refractivity (Wildman–Crippen MR) is 82.4 cm³/mol. The van der Waals surface area contributed by atoms with Crippen molar-refractivity contribution in [1.29, 1.82) is 0 Å². The second-order valence-corrected chi connectivity index (χ2v) is 4.32. The number of carbonyl (C=O) groups is 1. The van der Waals surface area contributed by atoms with Crippen molar-refractivity contribution in [3.63, 3.8) is 0 Å². The Balaban J connectivity index is 0.00000361. The number of ether oxygens (including phenoxy) is 2. The molecule has 0 bridgehead atoms. The predicted octanol–water partition coefficient (Wildman–Crippen LogP) is 2.72. The minimum absolute atomic E-state index is 0. The molecule has 114 valence electrons. The normalized spacial score (nSPS) is 9.70. The van der Waals surface area contributed by atoms with E-state index >= 15 is 0 Å². The van der Waals surface area contributed by atoms with E-state index in [1.54, 1.807) is 6.92 Å². The van der Waals surface area contributed by atoms with E-state index in [2.05, 4.69) is 0 Å². The first-order valence-corrected chi connectivity index (χ1v) is 6.83. The molecule has 1 rings (SSSR count). The van der Waals surface area contributed by atoms with Crippen LogP contribution in [0.2, 0.25) is 0 Å². The number of unbranched alkanes of at least 4 members (excludes halogenated alkanes) is 2. The van der Waals surface area contributed by atoms with Crippen LogP contribution < -0.4 is 10.5 Å². The maximum Gasteiger partial charge on any atom is 0.310 e. The van der Waals surface area contributed by atoms with E-state index in [-0.39, 0.29) is 18.4 Å². The second kappa shape index (κ2) is 11.6. The number of benzene rings is 1. The van der Waals surface area contributed by atoms with Crippen LogP contribution in [0, 0.1) is 0 Å². The van der Waals surface area contributed by atoms with Gasteiger partial charge in [-0.3, -0.25) is 4.79 Å². The number of halogens is 1. The van der Waals surface area contributed by atoms with E-state index < -0.39 is 0 Å². The van der Waals surface area contributed by atoms with Gasteiger partial charge in [0, 0.05) is 0 Å². The van der Waals surface area contributed by atoms with Crippen molar-refractivity contribution in [2.24, 2.45) is 5.73 Å². The molecule has 0 atom stereocenters. The van der Waals surface area contributed by atoms with Gasteiger partial charge in [-0.25, -0.2) is 0 Å². The smallest absolute Gasteiger partial charge is 0.310 e. The Labute approximate surface area is 127 Å². The van der Waals surface area contributed by atoms with E-state index in [1.165, 1.54) is 0 Å². The van der Waals surface area contributed by atoms with E-state index in [0.717, 1.165) is 37.1 Å². The summed E-state index contributed by atoms with van der Waals surface area (Å²) in [6, 6.07) is 7.56. The Morgan fingerprint density at radius 2 is 1.85 bits per heavy atom. The van der Waals surface area contributed by atoms with Gasteiger partial charge in [-0.15, -0.1) is 12.4 Å². The van der Waals surface area contributed by atoms with Crippen molar-refractivity contribution >= 4 is 18.4 Å². The van der Waals surface area contributed by atoms with Gasteiger partial charge in [-0.05, 0) is 50.4 Å². The van der Waals surface area contributed by atoms with Gasteiger partial charge in [-0.1, -0.05) is 12.1 Å². The monoisotopic (exact) mass is 301 g/mol. The van der Waals surface area contributed by atoms with Crippen molar-refractivity contribution in [3.8, 4) is 5.75 Å². The van der Waals surface area contributed by atoms with Crippen LogP contribution in [0.5, 0.6) is 5.75 Å². The third-order valence-electron chi connectivity index (χ3n) is 2.69. The standard InChI is InChI=1S/C15H23NO3.ClH/c1-2-18-15(17)12-13-6-8-14(9-7-13)19-11-5-3-4-10-16;/h6-9H,2-5,10-12,16H2,1H3;1H. The first-order valence-electron chi connectivity index (χ1n) is 6.83. The lowest BCUT2D eigenvalue weighted by Gasteiger charge is -2.07. The summed E-state index contributed by atoms with van der Waals surface area (Å²) in [7, 11) is 0. The highest BCUT2D eigenvalue weighted by Gasteiger charge is 2.03. The highest BCUT2D eigenvalue weighted by molar-refractivity contribution is 5.85. The van der Waals surface area contributed by atoms with E-state index in [0.29, 0.717) is 19.6 Å². The summed E-state index contributed by atoms with van der Waals surface area (Å²) < 4.78 is 10.5. The molecule has 0 saturated carbocycles. The summed E-state index contributed by atoms with van der Waals surface area (Å²) in [4.78, 5) is 11.3. The van der Waals surface area contributed by atoms with Crippen LogP contribution in [0.1, 0.15) is 31.7 Å². The van der Waals surface area contributed by atoms with Crippen LogP contribution in [-0.2, 0) is 16.0 Å². The van der Waals surface area contributed by atoms with E-state index in [4.69, 9.17) is 15.2 Å². The zero-order chi connectivity index (χ0) is 13.9. The molecule has 0 fully saturated rings. The first-order chi connectivity index (χ1) is 9.26. The molecular formula is C15H24ClNO3. The molecule has 0 aliphatic rings. The number of hydrogen-bond donors (Lipinski definition) is 1. The topological polar surface area (TPSA) is 61.5 Å². The summed E-state index contributed by atoms with van der Waals surface area (Å²) in [5.74, 6) is 0.637. The first kappa shape index (κ1) is 18.7. The number of nitrogens with two attached hydrogens (primary N) is 1. The van der Waals surface area contributed by atoms with Gasteiger partial charge in [0.25, 0.3) is 0 Å². The summed E-state index contributed by atoms with van der Waals surface area (Å²) in [6.07, 6.45) is 3.46. The fourth-order valence-corrected chi connectivity index (χ4v) is 1.70. The number of esters is 1. The van der Waals surface area contributed by atoms with Gasteiger partial charge in [0.2, 0.25) is 0 Å². The molecule has 0 aliphatic carbocycles. The molecule has 0 saturated heterocycles. The minimum Gasteiger partial charge on any atom is -0.494 e. The summed E-state index contributed by atoms with van der Waals surface area (Å²) >= 11 is 0. The van der Waals surface area contributed by atoms with Gasteiger partial charge < -0.3 is 15.2 Å². The lowest BCUT2D eigenvalue weighted by molar-refractivity contribution is -0.142. The number of carbonyl (C=O) groups excluding carboxylic acids is 1. The zero-order valence-electron chi connectivity index (χ0n) is 12.0. The molecule has 5 heteroatoms. The van der Waals surface area contributed by atoms with Crippen LogP contribution in [0.3, 0.4) is 0 Å². The minimum atomic E-state index is -0.196. The molecule has 0 amide bonds. The Morgan fingerprint density at radius 3 is 2.45 bits per heavy atom. The Hall–Kier alpha value is -1.26. The average Bonchev–Trinajstić information content (AvgIpc) is 2.41. The van der Waals surface area contributed by atoms with Crippen molar-refractivity contribution in [2.75, 3.05) is 19.8 Å². The number of rotatable bonds is 9. The highest BCUT2D eigenvalue weighted by Crippen LogP contribution is 2.13. The molecule has 0 aromatic heterocycles. The Bertz CT molecular complexity index is 368. The molecule has 4 nitrogen and oxygen atoms in total. The van der Waals surface area contributed by atoms with Crippen LogP contribution >= 0.6 is 12.4 Å². The van der Waals surface area contributed by atoms with Gasteiger partial charge in [0.05, 0.1) is 19.6 Å². The van der Waals surface area contributed by atoms with Crippen LogP contribution in [0.25, 0.3) is 0 Å². The third-order valence-corrected chi connectivity index (χ3v) is 2.69. The van der Waals surface area contributed by atoms with E-state index in [1.807, 2.05) is 24.3 Å². The molecule has 0 heterocycles. The molecule has 1 aromatic rings. The Kier molecular flexibility index (Phi) is 10.8. The van der Waals surface area contributed by atoms with Gasteiger partial charge in [0.15, 0.2) is 0 Å². The molecule has 0 unspecified atom stereocenters. The van der Waals surface area contributed by atoms with Crippen LogP contribution in [-0.4, -0.2) is 25.7 Å². The molecule has 20 heavy (non-hydrogen) atoms. The summed E-state index contributed by atoms with van der Waals surface area (Å²) in [6.45, 7) is 3.67. The summed E-state index contributed by atoms with van der Waals surface area (Å²) in [5.41, 5.74) is 6.36. The van der Waals surface area contributed by atoms with Crippen molar-refractivity contribution in [2.45, 2.75) is 32.6 Å². The maximum absolute atomic E-state index is 11.3. The molecule has 0 aliphatic heterocycles. The SMILES string of the molecule is CCOC(=O)Cc1ccc(OCCCCCN)cc1.Cl. The van der Waals surface area contributed by atoms with Crippen molar-refractivity contribution < 1.29 is 14.3 Å². The van der Waals surface area contributed by atoms with Gasteiger partial charge >= 0.3 is 5.97 Å². The van der Waals surface area contributed by atoms with Crippen LogP contribution in [0.15, 0.2) is 24.3 Å². The van der Waals surface area contributed by atoms with Crippen molar-refractivity contribution in [1.82, 2.24) is 0 Å². The average molecular weight is 302 g/mol. The van der Waals surface area contributed by atoms with Gasteiger partial charge in [-0.2, -0.15) is 0 Å². The fraction of sp³-hybridized carbons (Fsp3) is 0.533. The lowest BCUT2D eigenvalue weighted by Crippen LogP contribution is -2.07. The maximum atomic E-state index is 11.3. The largest absolute Gasteiger partial charge is 0.494 e. The Morgan fingerprint density at radius 1 is 1.15 bits per heavy atom. The van der Waals surface area contributed by atoms with Gasteiger partial charge in [0.1, 0.15) is 5.75 Å². The zero-order valence-corrected chi connectivity index (χ0v) is 12.8. The fourth-order valence-electron chi connectivity index (χ4n) is 1.70. The highest BCUT2D eigenvalue weighted by atomic mass is 35.5. The van der Waals surface area contributed by atoms with Crippen LogP contribution in [0.4, 0.5) is 0 Å². The quantitative estimate of drug-likeness (QED) is 0.563. The molecular weight excluding hydrogens is 278 g/mol. The van der Waals surface area contributed by atoms with Crippen molar-refractivity contribution in [3.05, 3.63) is 29.8 Å². The third kappa shape index (κ3) is 8.02. The second-order valence-electron chi connectivity index (χ2n) is 4.32. The molecule has 1 aromatic carbocycles. The summed E-state index contributed by atoms with van der Waals surface area (Å²) in [5, 5.41) is 0. The number of hydrogen-bond acceptors (Lipinski definition) is 4. The van der Waals surface area contributed by atoms with E-state index in [9.17, 15) is 4.79 Å².